The molecule has 1 aromatic carbocycles. The van der Waals surface area contributed by atoms with Gasteiger partial charge in [0.1, 0.15) is 11.8 Å². The summed E-state index contributed by atoms with van der Waals surface area (Å²) in [6, 6.07) is 3.23. The molecule has 0 spiro atoms. The predicted molar refractivity (Wildman–Crippen MR) is 94.6 cm³/mol. The van der Waals surface area contributed by atoms with Crippen LogP contribution in [0.1, 0.15) is 5.56 Å². The second-order valence-corrected chi connectivity index (χ2v) is 11.1. The number of fused-ring (bicyclic) bond motifs is 1. The minimum absolute atomic E-state index is 0.0510. The minimum Gasteiger partial charge on any atom is -0.299 e. The van der Waals surface area contributed by atoms with E-state index in [2.05, 4.69) is 4.98 Å². The van der Waals surface area contributed by atoms with E-state index in [4.69, 9.17) is 33.0 Å². The molecule has 0 N–H and O–H groups in total. The van der Waals surface area contributed by atoms with Crippen molar-refractivity contribution in [1.29, 1.82) is 0 Å². The number of benzene rings is 1. The van der Waals surface area contributed by atoms with Crippen LogP contribution in [-0.2, 0) is 6.18 Å². The second-order valence-electron chi connectivity index (χ2n) is 5.24. The largest absolute Gasteiger partial charge is 0.417 e. The lowest BCUT2D eigenvalue weighted by atomic mass is 10.2. The van der Waals surface area contributed by atoms with Crippen molar-refractivity contribution in [1.82, 2.24) is 9.55 Å². The van der Waals surface area contributed by atoms with Crippen LogP contribution < -0.4 is 0 Å². The van der Waals surface area contributed by atoms with Crippen molar-refractivity contribution < 1.29 is 22.0 Å². The fourth-order valence-electron chi connectivity index (χ4n) is 2.41. The van der Waals surface area contributed by atoms with Crippen molar-refractivity contribution in [2.24, 2.45) is 0 Å². The topological polar surface area (TPSA) is 17.8 Å². The van der Waals surface area contributed by atoms with Crippen LogP contribution in [0.2, 0.25) is 5.02 Å². The zero-order chi connectivity index (χ0) is 19.3. The zero-order valence-corrected chi connectivity index (χ0v) is 15.6. The molecule has 0 saturated heterocycles. The Morgan fingerprint density at radius 2 is 1.85 bits per heavy atom. The summed E-state index contributed by atoms with van der Waals surface area (Å²) in [5, 5.41) is -0.0713. The van der Waals surface area contributed by atoms with Crippen molar-refractivity contribution >= 4 is 52.3 Å². The summed E-state index contributed by atoms with van der Waals surface area (Å²) in [5.74, 6) is -0.657. The zero-order valence-electron chi connectivity index (χ0n) is 12.5. The molecule has 0 fully saturated rings. The van der Waals surface area contributed by atoms with Gasteiger partial charge < -0.3 is 0 Å². The standard InChI is InChI=1S/C15H8Cl3F5N2S/c16-11-3-8(15(21,22)23)5-24-14(11)25-6-13(26(17,18)7-19)10-4-9(20)1-2-12(10)25/h1-6H,7H2. The number of hydrogen-bond donors (Lipinski definition) is 0. The van der Waals surface area contributed by atoms with Gasteiger partial charge in [-0.25, -0.2) is 13.8 Å². The minimum atomic E-state index is -4.61. The molecule has 3 rings (SSSR count). The second kappa shape index (κ2) is 6.74. The van der Waals surface area contributed by atoms with Crippen molar-refractivity contribution in [3.63, 3.8) is 0 Å². The molecule has 0 aliphatic carbocycles. The van der Waals surface area contributed by atoms with Crippen LogP contribution in [0.3, 0.4) is 0 Å². The Morgan fingerprint density at radius 3 is 2.42 bits per heavy atom. The van der Waals surface area contributed by atoms with Crippen molar-refractivity contribution in [3.8, 4) is 5.82 Å². The molecule has 0 radical (unpaired) electrons. The van der Waals surface area contributed by atoms with E-state index in [0.717, 1.165) is 18.2 Å². The Hall–Kier alpha value is -1.22. The molecule has 2 heterocycles. The van der Waals surface area contributed by atoms with Crippen LogP contribution in [0, 0.1) is 5.82 Å². The van der Waals surface area contributed by atoms with Gasteiger partial charge in [0.05, 0.1) is 16.1 Å². The molecule has 3 aromatic rings. The predicted octanol–water partition coefficient (Wildman–Crippen LogP) is 7.23. The maximum absolute atomic E-state index is 13.6. The van der Waals surface area contributed by atoms with E-state index in [-0.39, 0.29) is 21.1 Å². The number of rotatable bonds is 3. The quantitative estimate of drug-likeness (QED) is 0.386. The van der Waals surface area contributed by atoms with Crippen LogP contribution in [0.5, 0.6) is 0 Å². The molecule has 0 amide bonds. The number of nitrogens with zero attached hydrogens (tertiary/aromatic N) is 2. The summed E-state index contributed by atoms with van der Waals surface area (Å²) in [6.07, 6.45) is -2.69. The number of hydrogen-bond acceptors (Lipinski definition) is 1. The van der Waals surface area contributed by atoms with Crippen LogP contribution in [-0.4, -0.2) is 15.6 Å². The molecular formula is C15H8Cl3F5N2S. The van der Waals surface area contributed by atoms with Crippen molar-refractivity contribution in [2.45, 2.75) is 11.1 Å². The Kier molecular flexibility index (Phi) is 5.07. The highest BCUT2D eigenvalue weighted by atomic mass is 36.0. The molecule has 0 aliphatic rings. The molecule has 140 valence electrons. The summed E-state index contributed by atoms with van der Waals surface area (Å²) in [4.78, 5) is 3.88. The number of alkyl halides is 4. The Morgan fingerprint density at radius 1 is 1.15 bits per heavy atom. The van der Waals surface area contributed by atoms with Crippen LogP contribution in [0.4, 0.5) is 22.0 Å². The van der Waals surface area contributed by atoms with Crippen LogP contribution in [0.15, 0.2) is 41.6 Å². The van der Waals surface area contributed by atoms with E-state index in [9.17, 15) is 22.0 Å². The molecular weight excluding hydrogens is 442 g/mol. The SMILES string of the molecule is FCS(Cl)(Cl)c1cn(-c2ncc(C(F)(F)F)cc2Cl)c2ccc(F)cc12. The monoisotopic (exact) mass is 448 g/mol. The van der Waals surface area contributed by atoms with E-state index in [1.165, 1.54) is 16.8 Å². The van der Waals surface area contributed by atoms with Crippen LogP contribution in [0.25, 0.3) is 16.7 Å². The number of pyridine rings is 1. The Bertz CT molecular complexity index is 987. The third-order valence-electron chi connectivity index (χ3n) is 3.57. The molecule has 0 saturated carbocycles. The molecule has 26 heavy (non-hydrogen) atoms. The lowest BCUT2D eigenvalue weighted by molar-refractivity contribution is -0.137. The highest BCUT2D eigenvalue weighted by Gasteiger charge is 2.32. The number of aromatic nitrogens is 2. The molecule has 11 heteroatoms. The molecule has 0 unspecified atom stereocenters. The van der Waals surface area contributed by atoms with Gasteiger partial charge in [0.15, 0.2) is 5.82 Å². The van der Waals surface area contributed by atoms with Gasteiger partial charge in [-0.05, 0) is 54.1 Å². The van der Waals surface area contributed by atoms with E-state index in [1.807, 2.05) is 0 Å². The Labute approximate surface area is 159 Å². The van der Waals surface area contributed by atoms with Gasteiger partial charge in [-0.15, -0.1) is 0 Å². The molecule has 2 aromatic heterocycles. The maximum Gasteiger partial charge on any atom is 0.417 e. The fraction of sp³-hybridized carbons (Fsp3) is 0.133. The van der Waals surface area contributed by atoms with E-state index < -0.39 is 32.0 Å². The van der Waals surface area contributed by atoms with E-state index >= 15 is 0 Å². The smallest absolute Gasteiger partial charge is 0.299 e. The normalized spacial score (nSPS) is 13.4. The first kappa shape index (κ1) is 19.5. The molecule has 0 bridgehead atoms. The average molecular weight is 450 g/mol. The third-order valence-corrected chi connectivity index (χ3v) is 6.58. The highest BCUT2D eigenvalue weighted by Crippen LogP contribution is 2.67. The van der Waals surface area contributed by atoms with Gasteiger partial charge in [-0.1, -0.05) is 11.6 Å². The molecule has 0 aliphatic heterocycles. The average Bonchev–Trinajstić information content (AvgIpc) is 2.93. The first-order valence-electron chi connectivity index (χ1n) is 6.84. The van der Waals surface area contributed by atoms with Gasteiger partial charge in [0.25, 0.3) is 0 Å². The van der Waals surface area contributed by atoms with Gasteiger partial charge in [0.2, 0.25) is 0 Å². The summed E-state index contributed by atoms with van der Waals surface area (Å²) in [6.45, 7) is 0. The van der Waals surface area contributed by atoms with Gasteiger partial charge in [-0.2, -0.15) is 13.2 Å². The first-order valence-corrected chi connectivity index (χ1v) is 10.7. The summed E-state index contributed by atoms with van der Waals surface area (Å²) >= 11 is 5.97. The van der Waals surface area contributed by atoms with Crippen LogP contribution >= 0.6 is 41.4 Å². The fourth-order valence-corrected chi connectivity index (χ4v) is 4.26. The number of halogens is 8. The lowest BCUT2D eigenvalue weighted by Crippen LogP contribution is -2.07. The molecule has 2 nitrogen and oxygen atoms in total. The van der Waals surface area contributed by atoms with Gasteiger partial charge in [0, 0.05) is 22.7 Å². The molecule has 0 atom stereocenters. The highest BCUT2D eigenvalue weighted by molar-refractivity contribution is 8.66. The summed E-state index contributed by atoms with van der Waals surface area (Å²) in [7, 11) is 9.14. The summed E-state index contributed by atoms with van der Waals surface area (Å²) in [5.41, 5.74) is -0.699. The lowest BCUT2D eigenvalue weighted by Gasteiger charge is -2.19. The third kappa shape index (κ3) is 3.47. The maximum atomic E-state index is 13.6. The first-order chi connectivity index (χ1) is 12.0. The van der Waals surface area contributed by atoms with E-state index in [1.54, 1.807) is 0 Å². The van der Waals surface area contributed by atoms with E-state index in [0.29, 0.717) is 11.7 Å². The van der Waals surface area contributed by atoms with Gasteiger partial charge >= 0.3 is 6.18 Å². The summed E-state index contributed by atoms with van der Waals surface area (Å²) < 4.78 is 66.6. The van der Waals surface area contributed by atoms with Gasteiger partial charge in [-0.3, -0.25) is 4.57 Å². The van der Waals surface area contributed by atoms with Crippen molar-refractivity contribution in [3.05, 3.63) is 53.1 Å². The Balaban J connectivity index is 2.27. The van der Waals surface area contributed by atoms with Crippen molar-refractivity contribution in [2.75, 3.05) is 6.01 Å².